The van der Waals surface area contributed by atoms with Crippen LogP contribution in [0.5, 0.6) is 0 Å². The molecule has 0 aliphatic heterocycles. The van der Waals surface area contributed by atoms with Gasteiger partial charge in [-0.25, -0.2) is 8.78 Å². The molecule has 0 amide bonds. The Balaban J connectivity index is 1.90. The van der Waals surface area contributed by atoms with Crippen molar-refractivity contribution in [2.45, 2.75) is 32.6 Å². The van der Waals surface area contributed by atoms with E-state index in [1.807, 2.05) is 12.1 Å². The Bertz CT molecular complexity index is 821. The number of rotatable bonds is 5. The smallest absolute Gasteiger partial charge is 0.159 e. The maximum atomic E-state index is 13.4. The van der Waals surface area contributed by atoms with Crippen LogP contribution in [0.25, 0.3) is 21.9 Å². The van der Waals surface area contributed by atoms with Crippen LogP contribution < -0.4 is 0 Å². The molecule has 0 bridgehead atoms. The van der Waals surface area contributed by atoms with Crippen LogP contribution in [0.1, 0.15) is 31.7 Å². The van der Waals surface area contributed by atoms with E-state index in [1.165, 1.54) is 42.3 Å². The molecule has 0 heterocycles. The van der Waals surface area contributed by atoms with E-state index in [-0.39, 0.29) is 0 Å². The van der Waals surface area contributed by atoms with Crippen molar-refractivity contribution in [3.63, 3.8) is 0 Å². The third-order valence-corrected chi connectivity index (χ3v) is 4.23. The lowest BCUT2D eigenvalue weighted by molar-refractivity contribution is 0.509. The maximum Gasteiger partial charge on any atom is 0.159 e. The Labute approximate surface area is 135 Å². The molecule has 3 aromatic carbocycles. The number of halogens is 2. The first kappa shape index (κ1) is 15.7. The summed E-state index contributed by atoms with van der Waals surface area (Å²) in [6.07, 6.45) is 4.81. The van der Waals surface area contributed by atoms with E-state index in [2.05, 4.69) is 31.2 Å². The summed E-state index contributed by atoms with van der Waals surface area (Å²) in [5, 5.41) is 2.30. The second-order valence-corrected chi connectivity index (χ2v) is 5.98. The number of hydrogen-bond donors (Lipinski definition) is 0. The van der Waals surface area contributed by atoms with Gasteiger partial charge in [0.05, 0.1) is 0 Å². The molecule has 118 valence electrons. The van der Waals surface area contributed by atoms with E-state index < -0.39 is 11.6 Å². The Morgan fingerprint density at radius 1 is 0.696 bits per heavy atom. The highest BCUT2D eigenvalue weighted by Gasteiger charge is 2.05. The normalized spacial score (nSPS) is 11.1. The molecule has 0 spiro atoms. The second-order valence-electron chi connectivity index (χ2n) is 5.98. The highest BCUT2D eigenvalue weighted by Crippen LogP contribution is 2.26. The number of fused-ring (bicyclic) bond motifs is 1. The number of benzene rings is 3. The minimum Gasteiger partial charge on any atom is -0.204 e. The van der Waals surface area contributed by atoms with E-state index in [9.17, 15) is 8.78 Å². The van der Waals surface area contributed by atoms with E-state index in [0.717, 1.165) is 17.4 Å². The lowest BCUT2D eigenvalue weighted by atomic mass is 9.98. The molecular weight excluding hydrogens is 290 g/mol. The summed E-state index contributed by atoms with van der Waals surface area (Å²) in [5.41, 5.74) is 2.94. The van der Waals surface area contributed by atoms with Crippen molar-refractivity contribution in [2.24, 2.45) is 0 Å². The van der Waals surface area contributed by atoms with Gasteiger partial charge < -0.3 is 0 Å². The van der Waals surface area contributed by atoms with Gasteiger partial charge in [0.15, 0.2) is 11.6 Å². The lowest BCUT2D eigenvalue weighted by Gasteiger charge is -2.07. The highest BCUT2D eigenvalue weighted by atomic mass is 19.2. The van der Waals surface area contributed by atoms with Gasteiger partial charge in [-0.15, -0.1) is 0 Å². The van der Waals surface area contributed by atoms with Crippen molar-refractivity contribution < 1.29 is 8.78 Å². The Hall–Kier alpha value is -2.22. The molecule has 0 fully saturated rings. The predicted octanol–water partition coefficient (Wildman–Crippen LogP) is 6.52. The quantitative estimate of drug-likeness (QED) is 0.471. The van der Waals surface area contributed by atoms with Crippen molar-refractivity contribution in [3.8, 4) is 11.1 Å². The van der Waals surface area contributed by atoms with E-state index in [1.54, 1.807) is 6.07 Å². The molecule has 0 nitrogen and oxygen atoms in total. The predicted molar refractivity (Wildman–Crippen MR) is 92.5 cm³/mol. The van der Waals surface area contributed by atoms with Crippen LogP contribution in [-0.4, -0.2) is 0 Å². The van der Waals surface area contributed by atoms with Gasteiger partial charge in [-0.05, 0) is 58.5 Å². The molecule has 0 saturated carbocycles. The molecule has 0 aromatic heterocycles. The summed E-state index contributed by atoms with van der Waals surface area (Å²) in [7, 11) is 0. The number of aryl methyl sites for hydroxylation is 1. The first-order valence-electron chi connectivity index (χ1n) is 8.15. The molecule has 2 heteroatoms. The molecule has 0 saturated heterocycles. The van der Waals surface area contributed by atoms with Gasteiger partial charge in [-0.1, -0.05) is 56.2 Å². The van der Waals surface area contributed by atoms with Gasteiger partial charge in [0.1, 0.15) is 0 Å². The van der Waals surface area contributed by atoms with Gasteiger partial charge in [-0.2, -0.15) is 0 Å². The summed E-state index contributed by atoms with van der Waals surface area (Å²) in [6, 6.07) is 16.6. The first-order chi connectivity index (χ1) is 11.2. The second kappa shape index (κ2) is 6.91. The molecule has 23 heavy (non-hydrogen) atoms. The average Bonchev–Trinajstić information content (AvgIpc) is 2.57. The molecule has 0 atom stereocenters. The molecule has 3 rings (SSSR count). The minimum atomic E-state index is -0.814. The largest absolute Gasteiger partial charge is 0.204 e. The van der Waals surface area contributed by atoms with Crippen LogP contribution in [0.2, 0.25) is 0 Å². The van der Waals surface area contributed by atoms with Crippen molar-refractivity contribution in [1.82, 2.24) is 0 Å². The third kappa shape index (κ3) is 3.58. The number of unbranched alkanes of at least 4 members (excludes halogenated alkanes) is 2. The molecule has 3 aromatic rings. The van der Waals surface area contributed by atoms with Crippen molar-refractivity contribution in [2.75, 3.05) is 0 Å². The summed E-state index contributed by atoms with van der Waals surface area (Å²) in [4.78, 5) is 0. The zero-order valence-corrected chi connectivity index (χ0v) is 13.3. The van der Waals surface area contributed by atoms with Crippen molar-refractivity contribution in [1.29, 1.82) is 0 Å². The van der Waals surface area contributed by atoms with Gasteiger partial charge in [-0.3, -0.25) is 0 Å². The standard InChI is InChI=1S/C21H20F2/c1-2-3-4-5-15-6-7-17-13-18(9-8-16(17)12-15)19-10-11-20(22)21(23)14-19/h6-14H,2-5H2,1H3. The topological polar surface area (TPSA) is 0 Å². The van der Waals surface area contributed by atoms with Gasteiger partial charge in [0.25, 0.3) is 0 Å². The van der Waals surface area contributed by atoms with E-state index in [4.69, 9.17) is 0 Å². The summed E-state index contributed by atoms with van der Waals surface area (Å²) in [6.45, 7) is 2.21. The Morgan fingerprint density at radius 2 is 1.39 bits per heavy atom. The zero-order chi connectivity index (χ0) is 16.2. The highest BCUT2D eigenvalue weighted by molar-refractivity contribution is 5.87. The van der Waals surface area contributed by atoms with Crippen molar-refractivity contribution in [3.05, 3.63) is 71.8 Å². The summed E-state index contributed by atoms with van der Waals surface area (Å²) in [5.74, 6) is -1.62. The van der Waals surface area contributed by atoms with Crippen LogP contribution in [0.4, 0.5) is 8.78 Å². The Morgan fingerprint density at radius 3 is 2.17 bits per heavy atom. The monoisotopic (exact) mass is 310 g/mol. The molecule has 0 radical (unpaired) electrons. The van der Waals surface area contributed by atoms with Gasteiger partial charge >= 0.3 is 0 Å². The number of hydrogen-bond acceptors (Lipinski definition) is 0. The molecular formula is C21H20F2. The molecule has 0 N–H and O–H groups in total. The van der Waals surface area contributed by atoms with E-state index in [0.29, 0.717) is 5.56 Å². The Kier molecular flexibility index (Phi) is 4.71. The van der Waals surface area contributed by atoms with Gasteiger partial charge in [0.2, 0.25) is 0 Å². The third-order valence-electron chi connectivity index (χ3n) is 4.23. The fourth-order valence-electron chi connectivity index (χ4n) is 2.89. The van der Waals surface area contributed by atoms with Crippen LogP contribution in [-0.2, 0) is 6.42 Å². The first-order valence-corrected chi connectivity index (χ1v) is 8.15. The fourth-order valence-corrected chi connectivity index (χ4v) is 2.89. The molecule has 0 unspecified atom stereocenters. The average molecular weight is 310 g/mol. The lowest BCUT2D eigenvalue weighted by Crippen LogP contribution is -1.87. The SMILES string of the molecule is CCCCCc1ccc2cc(-c3ccc(F)c(F)c3)ccc2c1. The van der Waals surface area contributed by atoms with Crippen LogP contribution in [0.15, 0.2) is 54.6 Å². The van der Waals surface area contributed by atoms with Gasteiger partial charge in [0, 0.05) is 0 Å². The van der Waals surface area contributed by atoms with Crippen LogP contribution in [0.3, 0.4) is 0 Å². The zero-order valence-electron chi connectivity index (χ0n) is 13.3. The maximum absolute atomic E-state index is 13.4. The molecule has 0 aliphatic carbocycles. The van der Waals surface area contributed by atoms with Crippen molar-refractivity contribution >= 4 is 10.8 Å². The summed E-state index contributed by atoms with van der Waals surface area (Å²) < 4.78 is 26.5. The van der Waals surface area contributed by atoms with E-state index >= 15 is 0 Å². The van der Waals surface area contributed by atoms with Crippen LogP contribution >= 0.6 is 0 Å². The summed E-state index contributed by atoms with van der Waals surface area (Å²) >= 11 is 0. The van der Waals surface area contributed by atoms with Crippen LogP contribution in [0, 0.1) is 11.6 Å². The molecule has 0 aliphatic rings. The fraction of sp³-hybridized carbons (Fsp3) is 0.238. The minimum absolute atomic E-state index is 0.692.